The molecule has 0 spiro atoms. The van der Waals surface area contributed by atoms with Gasteiger partial charge in [0.2, 0.25) is 0 Å². The lowest BCUT2D eigenvalue weighted by Gasteiger charge is -2.17. The highest BCUT2D eigenvalue weighted by molar-refractivity contribution is 5.99. The minimum Gasteiger partial charge on any atom is -0.460 e. The van der Waals surface area contributed by atoms with Crippen LogP contribution in [0.3, 0.4) is 0 Å². The Labute approximate surface area is 156 Å². The van der Waals surface area contributed by atoms with E-state index < -0.39 is 29.4 Å². The molecule has 2 rings (SSSR count). The number of rotatable bonds is 4. The maximum absolute atomic E-state index is 13.0. The first-order chi connectivity index (χ1) is 12.8. The Balaban J connectivity index is 2.37. The molecule has 0 saturated heterocycles. The molecule has 1 heterocycles. The Bertz CT molecular complexity index is 767. The minimum absolute atomic E-state index is 0.0262. The van der Waals surface area contributed by atoms with Crippen molar-refractivity contribution in [2.75, 3.05) is 13.7 Å². The van der Waals surface area contributed by atoms with E-state index in [1.807, 2.05) is 0 Å². The molecule has 0 saturated carbocycles. The molecule has 154 valence electrons. The first kappa shape index (κ1) is 21.6. The van der Waals surface area contributed by atoms with Crippen molar-refractivity contribution in [1.82, 2.24) is 9.91 Å². The van der Waals surface area contributed by atoms with Gasteiger partial charge in [0.15, 0.2) is 5.84 Å². The van der Waals surface area contributed by atoms with Crippen molar-refractivity contribution in [2.45, 2.75) is 32.3 Å². The highest BCUT2D eigenvalue weighted by atomic mass is 19.4. The summed E-state index contributed by atoms with van der Waals surface area (Å²) in [5.41, 5.74) is -3.20. The predicted octanol–water partition coefficient (Wildman–Crippen LogP) is 4.06. The molecule has 0 atom stereocenters. The largest absolute Gasteiger partial charge is 0.460 e. The lowest BCUT2D eigenvalue weighted by Crippen LogP contribution is -2.26. The van der Waals surface area contributed by atoms with E-state index in [2.05, 4.69) is 5.10 Å². The van der Waals surface area contributed by atoms with Crippen molar-refractivity contribution in [3.8, 4) is 0 Å². The molecule has 1 aromatic carbocycles. The molecule has 0 bridgehead atoms. The number of halogens is 6. The van der Waals surface area contributed by atoms with Gasteiger partial charge in [-0.05, 0) is 32.0 Å². The molecular formula is C17H17F6N3O2. The highest BCUT2D eigenvalue weighted by Crippen LogP contribution is 2.36. The number of carbonyl (C=O) groups excluding carboxylic acids is 1. The number of ether oxygens (including phenoxy) is 1. The molecule has 1 aromatic rings. The molecule has 1 aliphatic rings. The molecule has 0 aromatic heterocycles. The van der Waals surface area contributed by atoms with Crippen molar-refractivity contribution in [3.05, 3.63) is 47.2 Å². The van der Waals surface area contributed by atoms with Crippen LogP contribution in [0, 0.1) is 0 Å². The van der Waals surface area contributed by atoms with E-state index in [9.17, 15) is 31.1 Å². The quantitative estimate of drug-likeness (QED) is 0.428. The molecule has 0 amide bonds. The van der Waals surface area contributed by atoms with Crippen LogP contribution < -0.4 is 0 Å². The van der Waals surface area contributed by atoms with Crippen LogP contribution in [0.15, 0.2) is 35.6 Å². The monoisotopic (exact) mass is 409 g/mol. The second-order valence-electron chi connectivity index (χ2n) is 6.30. The first-order valence-corrected chi connectivity index (χ1v) is 8.02. The number of nitrogens with zero attached hydrogens (tertiary/aromatic N) is 3. The summed E-state index contributed by atoms with van der Waals surface area (Å²) >= 11 is 0. The zero-order valence-electron chi connectivity index (χ0n) is 15.1. The minimum atomic E-state index is -4.95. The Kier molecular flexibility index (Phi) is 5.95. The van der Waals surface area contributed by atoms with Gasteiger partial charge in [0.1, 0.15) is 6.67 Å². The van der Waals surface area contributed by atoms with Gasteiger partial charge >= 0.3 is 18.3 Å². The fourth-order valence-corrected chi connectivity index (χ4v) is 2.38. The van der Waals surface area contributed by atoms with Gasteiger partial charge in [-0.2, -0.15) is 31.4 Å². The van der Waals surface area contributed by atoms with Gasteiger partial charge < -0.3 is 9.64 Å². The molecule has 11 heteroatoms. The summed E-state index contributed by atoms with van der Waals surface area (Å²) < 4.78 is 83.0. The lowest BCUT2D eigenvalue weighted by atomic mass is 10.0. The zero-order valence-corrected chi connectivity index (χ0v) is 15.1. The first-order valence-electron chi connectivity index (χ1n) is 8.02. The smallest absolute Gasteiger partial charge is 0.416 e. The third-order valence-corrected chi connectivity index (χ3v) is 3.52. The van der Waals surface area contributed by atoms with Crippen LogP contribution in [-0.2, 0) is 21.9 Å². The average Bonchev–Trinajstić information content (AvgIpc) is 2.91. The fraction of sp³-hybridized carbons (Fsp3) is 0.412. The van der Waals surface area contributed by atoms with E-state index in [4.69, 9.17) is 4.74 Å². The Morgan fingerprint density at radius 2 is 1.64 bits per heavy atom. The van der Waals surface area contributed by atoms with E-state index in [-0.39, 0.29) is 30.2 Å². The van der Waals surface area contributed by atoms with E-state index in [0.717, 1.165) is 6.08 Å². The van der Waals surface area contributed by atoms with Crippen molar-refractivity contribution in [2.24, 2.45) is 5.10 Å². The predicted molar refractivity (Wildman–Crippen MR) is 87.8 cm³/mol. The number of hydrogen-bond acceptors (Lipinski definition) is 5. The second-order valence-corrected chi connectivity index (χ2v) is 6.30. The summed E-state index contributed by atoms with van der Waals surface area (Å²) in [4.78, 5) is 12.9. The number of hydrogen-bond donors (Lipinski definition) is 0. The Morgan fingerprint density at radius 1 is 1.11 bits per heavy atom. The Morgan fingerprint density at radius 3 is 2.11 bits per heavy atom. The number of carbonyl (C=O) groups is 1. The van der Waals surface area contributed by atoms with Crippen molar-refractivity contribution in [3.63, 3.8) is 0 Å². The van der Waals surface area contributed by atoms with Crippen LogP contribution in [0.1, 0.15) is 30.5 Å². The van der Waals surface area contributed by atoms with Gasteiger partial charge in [-0.1, -0.05) is 0 Å². The Hall–Kier alpha value is -2.72. The fourth-order valence-electron chi connectivity index (χ4n) is 2.38. The van der Waals surface area contributed by atoms with Crippen LogP contribution in [0.25, 0.3) is 0 Å². The lowest BCUT2D eigenvalue weighted by molar-refractivity contribution is -0.143. The number of benzene rings is 1. The third-order valence-electron chi connectivity index (χ3n) is 3.52. The van der Waals surface area contributed by atoms with Gasteiger partial charge in [0, 0.05) is 24.9 Å². The van der Waals surface area contributed by atoms with Crippen LogP contribution in [0.2, 0.25) is 0 Å². The number of hydrazone groups is 1. The molecule has 0 radical (unpaired) electrons. The SMILES string of the molecule is CC(C)OC(=O)/C=C/N1CN(C)C(c2cc(C(F)(F)F)cc(C(F)(F)F)c2)=N1. The second kappa shape index (κ2) is 7.72. The number of esters is 1. The van der Waals surface area contributed by atoms with Crippen LogP contribution in [0.4, 0.5) is 26.3 Å². The highest BCUT2D eigenvalue weighted by Gasteiger charge is 2.38. The van der Waals surface area contributed by atoms with Gasteiger partial charge in [-0.25, -0.2) is 4.79 Å². The summed E-state index contributed by atoms with van der Waals surface area (Å²) in [6, 6.07) is 1.26. The van der Waals surface area contributed by atoms with Crippen molar-refractivity contribution >= 4 is 11.8 Å². The van der Waals surface area contributed by atoms with Gasteiger partial charge in [0.05, 0.1) is 17.2 Å². The molecular weight excluding hydrogens is 392 g/mol. The molecule has 0 unspecified atom stereocenters. The normalized spacial score (nSPS) is 15.6. The van der Waals surface area contributed by atoms with Crippen LogP contribution in [-0.4, -0.2) is 41.5 Å². The van der Waals surface area contributed by atoms with E-state index >= 15 is 0 Å². The summed E-state index contributed by atoms with van der Waals surface area (Å²) in [5.74, 6) is -0.752. The molecule has 1 aliphatic heterocycles. The van der Waals surface area contributed by atoms with Gasteiger partial charge in [0.25, 0.3) is 0 Å². The summed E-state index contributed by atoms with van der Waals surface area (Å²) in [6.45, 7) is 3.33. The molecule has 28 heavy (non-hydrogen) atoms. The standard InChI is InChI=1S/C17H17F6N3O2/c1-10(2)28-14(27)4-5-26-9-25(3)15(24-26)11-6-12(16(18,19)20)8-13(7-11)17(21,22)23/h4-8,10H,9H2,1-3H3/b5-4+. The van der Waals surface area contributed by atoms with Crippen molar-refractivity contribution in [1.29, 1.82) is 0 Å². The third kappa shape index (κ3) is 5.40. The average molecular weight is 409 g/mol. The van der Waals surface area contributed by atoms with Crippen molar-refractivity contribution < 1.29 is 35.9 Å². The summed E-state index contributed by atoms with van der Waals surface area (Å²) in [7, 11) is 1.45. The molecule has 0 aliphatic carbocycles. The summed E-state index contributed by atoms with van der Waals surface area (Å²) in [6.07, 6.45) is -7.95. The summed E-state index contributed by atoms with van der Waals surface area (Å²) in [5, 5.41) is 5.18. The zero-order chi connectivity index (χ0) is 21.3. The van der Waals surface area contributed by atoms with E-state index in [1.165, 1.54) is 23.2 Å². The maximum Gasteiger partial charge on any atom is 0.416 e. The van der Waals surface area contributed by atoms with E-state index in [0.29, 0.717) is 12.1 Å². The molecule has 0 N–H and O–H groups in total. The van der Waals surface area contributed by atoms with Gasteiger partial charge in [-0.15, -0.1) is 0 Å². The number of amidine groups is 1. The molecule has 0 fully saturated rings. The van der Waals surface area contributed by atoms with Crippen LogP contribution >= 0.6 is 0 Å². The topological polar surface area (TPSA) is 45.1 Å². The molecule has 5 nitrogen and oxygen atoms in total. The van der Waals surface area contributed by atoms with Gasteiger partial charge in [-0.3, -0.25) is 5.01 Å². The van der Waals surface area contributed by atoms with E-state index in [1.54, 1.807) is 13.8 Å². The number of alkyl halides is 6. The van der Waals surface area contributed by atoms with Crippen LogP contribution in [0.5, 0.6) is 0 Å². The maximum atomic E-state index is 13.0.